The number of carbonyl (C=O) groups is 1. The Kier molecular flexibility index (Phi) is 7.27. The van der Waals surface area contributed by atoms with Crippen LogP contribution in [0.3, 0.4) is 0 Å². The van der Waals surface area contributed by atoms with Gasteiger partial charge < -0.3 is 14.6 Å². The molecule has 0 fully saturated rings. The van der Waals surface area contributed by atoms with Crippen molar-refractivity contribution in [2.24, 2.45) is 0 Å². The maximum absolute atomic E-state index is 12.2. The van der Waals surface area contributed by atoms with Gasteiger partial charge >= 0.3 is 0 Å². The van der Waals surface area contributed by atoms with Crippen molar-refractivity contribution in [3.63, 3.8) is 0 Å². The first-order chi connectivity index (χ1) is 14.0. The number of rotatable bonds is 9. The van der Waals surface area contributed by atoms with Gasteiger partial charge in [-0.2, -0.15) is 0 Å². The summed E-state index contributed by atoms with van der Waals surface area (Å²) in [6, 6.07) is 8.08. The predicted octanol–water partition coefficient (Wildman–Crippen LogP) is 4.50. The highest BCUT2D eigenvalue weighted by molar-refractivity contribution is 7.99. The summed E-state index contributed by atoms with van der Waals surface area (Å²) in [4.78, 5) is 17.4. The smallest absolute Gasteiger partial charge is 0.236 e. The zero-order chi connectivity index (χ0) is 20.8. The van der Waals surface area contributed by atoms with Crippen LogP contribution in [0, 0.1) is 6.92 Å². The third-order valence-electron chi connectivity index (χ3n) is 4.27. The molecule has 0 bridgehead atoms. The van der Waals surface area contributed by atoms with Crippen molar-refractivity contribution in [2.75, 3.05) is 11.1 Å². The van der Waals surface area contributed by atoms with E-state index in [9.17, 15) is 4.79 Å². The molecule has 0 saturated heterocycles. The summed E-state index contributed by atoms with van der Waals surface area (Å²) in [7, 11) is 0. The van der Waals surface area contributed by atoms with E-state index in [4.69, 9.17) is 4.74 Å². The Hall–Kier alpha value is -2.39. The van der Waals surface area contributed by atoms with Crippen LogP contribution in [-0.2, 0) is 17.8 Å². The molecule has 0 saturated carbocycles. The fraction of sp³-hybridized carbons (Fsp3) is 0.400. The Bertz CT molecular complexity index is 952. The monoisotopic (exact) mass is 431 g/mol. The Morgan fingerprint density at radius 2 is 2.03 bits per heavy atom. The van der Waals surface area contributed by atoms with Crippen LogP contribution in [0.5, 0.6) is 5.75 Å². The van der Waals surface area contributed by atoms with Crippen molar-refractivity contribution >= 4 is 34.1 Å². The summed E-state index contributed by atoms with van der Waals surface area (Å²) >= 11 is 2.81. The van der Waals surface area contributed by atoms with Gasteiger partial charge in [0.15, 0.2) is 22.2 Å². The molecule has 3 aromatic rings. The average Bonchev–Trinajstić information content (AvgIpc) is 3.32. The van der Waals surface area contributed by atoms with E-state index in [0.717, 1.165) is 22.9 Å². The molecule has 29 heavy (non-hydrogen) atoms. The van der Waals surface area contributed by atoms with Crippen LogP contribution in [0.2, 0.25) is 0 Å². The molecule has 2 heterocycles. The maximum Gasteiger partial charge on any atom is 0.236 e. The fourth-order valence-corrected chi connectivity index (χ4v) is 4.25. The lowest BCUT2D eigenvalue weighted by Crippen LogP contribution is -2.15. The number of ether oxygens (including phenoxy) is 1. The molecule has 0 aliphatic rings. The first-order valence-corrected chi connectivity index (χ1v) is 11.3. The van der Waals surface area contributed by atoms with Gasteiger partial charge in [0, 0.05) is 17.6 Å². The number of aromatic nitrogens is 4. The Morgan fingerprint density at radius 3 is 2.66 bits per heavy atom. The number of amides is 1. The zero-order valence-electron chi connectivity index (χ0n) is 17.0. The molecular weight excluding hydrogens is 406 g/mol. The molecule has 0 aliphatic heterocycles. The average molecular weight is 432 g/mol. The van der Waals surface area contributed by atoms with Gasteiger partial charge in [0.2, 0.25) is 5.91 Å². The van der Waals surface area contributed by atoms with Crippen LogP contribution in [0.1, 0.15) is 43.1 Å². The molecule has 154 valence electrons. The summed E-state index contributed by atoms with van der Waals surface area (Å²) in [5.41, 5.74) is 1.27. The number of aryl methyl sites for hydroxylation is 2. The number of thioether (sulfide) groups is 1. The van der Waals surface area contributed by atoms with E-state index >= 15 is 0 Å². The topological polar surface area (TPSA) is 81.9 Å². The summed E-state index contributed by atoms with van der Waals surface area (Å²) in [6.07, 6.45) is 2.48. The van der Waals surface area contributed by atoms with Crippen molar-refractivity contribution in [3.8, 4) is 5.75 Å². The van der Waals surface area contributed by atoms with Crippen molar-refractivity contribution < 1.29 is 9.53 Å². The van der Waals surface area contributed by atoms with Gasteiger partial charge in [0.25, 0.3) is 0 Å². The van der Waals surface area contributed by atoms with Gasteiger partial charge in [-0.05, 0) is 44.9 Å². The third kappa shape index (κ3) is 5.57. The molecule has 2 aromatic heterocycles. The number of hydrogen-bond acceptors (Lipinski definition) is 7. The molecular formula is C20H25N5O2S2. The van der Waals surface area contributed by atoms with Gasteiger partial charge in [-0.25, -0.2) is 4.98 Å². The lowest BCUT2D eigenvalue weighted by Gasteiger charge is -2.15. The quantitative estimate of drug-likeness (QED) is 0.503. The van der Waals surface area contributed by atoms with Gasteiger partial charge in [-0.15, -0.1) is 21.5 Å². The normalized spacial score (nSPS) is 12.0. The Balaban J connectivity index is 1.61. The number of thiazole rings is 1. The van der Waals surface area contributed by atoms with Gasteiger partial charge in [0.1, 0.15) is 5.75 Å². The van der Waals surface area contributed by atoms with Crippen LogP contribution in [0.4, 0.5) is 5.13 Å². The van der Waals surface area contributed by atoms with Crippen LogP contribution in [0.15, 0.2) is 35.6 Å². The lowest BCUT2D eigenvalue weighted by molar-refractivity contribution is -0.113. The van der Waals surface area contributed by atoms with Crippen LogP contribution >= 0.6 is 23.1 Å². The lowest BCUT2D eigenvalue weighted by atomic mass is 10.2. The Labute approximate surface area is 178 Å². The molecule has 1 N–H and O–H groups in total. The number of nitrogens with one attached hydrogen (secondary N) is 1. The van der Waals surface area contributed by atoms with E-state index in [-0.39, 0.29) is 17.8 Å². The Morgan fingerprint density at radius 1 is 1.28 bits per heavy atom. The van der Waals surface area contributed by atoms with E-state index in [1.807, 2.05) is 37.5 Å². The minimum Gasteiger partial charge on any atom is -0.483 e. The summed E-state index contributed by atoms with van der Waals surface area (Å²) in [5.74, 6) is 1.67. The standard InChI is InChI=1S/C20H25N5O2S2/c1-5-15-7-9-16(10-8-15)27-14(4)18-23-24-20(25(18)6-2)28-12-17(26)22-19-21-11-13(3)29-19/h7-11,14H,5-6,12H2,1-4H3,(H,21,22,26)/t14-/m0/s1. The second-order valence-electron chi connectivity index (χ2n) is 6.46. The van der Waals surface area contributed by atoms with E-state index in [0.29, 0.717) is 16.8 Å². The van der Waals surface area contributed by atoms with Gasteiger partial charge in [-0.3, -0.25) is 4.79 Å². The fourth-order valence-electron chi connectivity index (χ4n) is 2.76. The van der Waals surface area contributed by atoms with Gasteiger partial charge in [0.05, 0.1) is 5.75 Å². The number of hydrogen-bond donors (Lipinski definition) is 1. The minimum absolute atomic E-state index is 0.114. The van der Waals surface area contributed by atoms with E-state index < -0.39 is 0 Å². The number of benzene rings is 1. The highest BCUT2D eigenvalue weighted by Gasteiger charge is 2.19. The summed E-state index contributed by atoms with van der Waals surface area (Å²) in [5, 5.41) is 12.7. The van der Waals surface area contributed by atoms with Crippen LogP contribution in [-0.4, -0.2) is 31.4 Å². The zero-order valence-corrected chi connectivity index (χ0v) is 18.6. The highest BCUT2D eigenvalue weighted by atomic mass is 32.2. The maximum atomic E-state index is 12.2. The predicted molar refractivity (Wildman–Crippen MR) is 117 cm³/mol. The van der Waals surface area contributed by atoms with Crippen molar-refractivity contribution in [2.45, 2.75) is 51.9 Å². The number of nitrogens with zero attached hydrogens (tertiary/aromatic N) is 4. The molecule has 0 unspecified atom stereocenters. The van der Waals surface area contributed by atoms with Crippen LogP contribution in [0.25, 0.3) is 0 Å². The molecule has 0 aliphatic carbocycles. The van der Waals surface area contributed by atoms with Crippen molar-refractivity contribution in [1.82, 2.24) is 19.7 Å². The number of anilines is 1. The minimum atomic E-state index is -0.253. The summed E-state index contributed by atoms with van der Waals surface area (Å²) in [6.45, 7) is 8.75. The summed E-state index contributed by atoms with van der Waals surface area (Å²) < 4.78 is 8.03. The van der Waals surface area contributed by atoms with Crippen LogP contribution < -0.4 is 10.1 Å². The molecule has 7 nitrogen and oxygen atoms in total. The molecule has 0 radical (unpaired) electrons. The number of carbonyl (C=O) groups excluding carboxylic acids is 1. The van der Waals surface area contributed by atoms with E-state index in [2.05, 4.69) is 39.6 Å². The third-order valence-corrected chi connectivity index (χ3v) is 6.06. The molecule has 1 amide bonds. The SMILES string of the molecule is CCc1ccc(O[C@@H](C)c2nnc(SCC(=O)Nc3ncc(C)s3)n2CC)cc1. The molecule has 0 spiro atoms. The second-order valence-corrected chi connectivity index (χ2v) is 8.63. The molecule has 1 atom stereocenters. The largest absolute Gasteiger partial charge is 0.483 e. The van der Waals surface area contributed by atoms with E-state index in [1.165, 1.54) is 28.7 Å². The van der Waals surface area contributed by atoms with Crippen molar-refractivity contribution in [1.29, 1.82) is 0 Å². The molecule has 3 rings (SSSR count). The first kappa shape index (κ1) is 21.3. The second kappa shape index (κ2) is 9.89. The molecule has 1 aromatic carbocycles. The molecule has 9 heteroatoms. The van der Waals surface area contributed by atoms with E-state index in [1.54, 1.807) is 6.20 Å². The first-order valence-electron chi connectivity index (χ1n) is 9.53. The van der Waals surface area contributed by atoms with Crippen molar-refractivity contribution in [3.05, 3.63) is 46.7 Å². The highest BCUT2D eigenvalue weighted by Crippen LogP contribution is 2.25. The van der Waals surface area contributed by atoms with Gasteiger partial charge in [-0.1, -0.05) is 30.8 Å².